The van der Waals surface area contributed by atoms with Crippen molar-refractivity contribution in [2.45, 2.75) is 79.0 Å². The molecule has 0 saturated carbocycles. The van der Waals surface area contributed by atoms with E-state index in [4.69, 9.17) is 14.2 Å². The van der Waals surface area contributed by atoms with Gasteiger partial charge < -0.3 is 19.1 Å². The fourth-order valence-electron chi connectivity index (χ4n) is 3.80. The molecule has 0 aliphatic carbocycles. The van der Waals surface area contributed by atoms with Gasteiger partial charge in [0.15, 0.2) is 12.4 Å². The second-order valence-corrected chi connectivity index (χ2v) is 11.5. The predicted molar refractivity (Wildman–Crippen MR) is 149 cm³/mol. The Morgan fingerprint density at radius 1 is 1.15 bits per heavy atom. The minimum Gasteiger partial charge on any atom is -0.464 e. The summed E-state index contributed by atoms with van der Waals surface area (Å²) in [5, 5.41) is 5.97. The van der Waals surface area contributed by atoms with E-state index >= 15 is 0 Å². The highest BCUT2D eigenvalue weighted by Gasteiger charge is 2.36. The third kappa shape index (κ3) is 11.1. The number of carbonyl (C=O) groups excluding carboxylic acids is 3. The van der Waals surface area contributed by atoms with E-state index in [-0.39, 0.29) is 43.3 Å². The Balaban J connectivity index is 3.47. The van der Waals surface area contributed by atoms with Gasteiger partial charge in [-0.2, -0.15) is 0 Å². The van der Waals surface area contributed by atoms with Crippen molar-refractivity contribution in [3.63, 3.8) is 0 Å². The average molecular weight is 569 g/mol. The van der Waals surface area contributed by atoms with Gasteiger partial charge in [0.25, 0.3) is 0 Å². The number of rotatable bonds is 17. The standard InChI is InChI=1S/C26H44N6O6S/c1-10-18(6)23(29-30-27)25(34)32(15-38-22(33)11-16(2)3)20(17(4)5)12-21(37-14-31(7)8)24-28-19(13-39-24)26(35)36-9/h13,16-18,20-21,23H,10-12,14-15H2,1-9H3/t18-,20+,21+,23-/m0/s1. The molecule has 220 valence electrons. The molecule has 1 aromatic heterocycles. The van der Waals surface area contributed by atoms with E-state index in [9.17, 15) is 19.9 Å². The average Bonchev–Trinajstić information content (AvgIpc) is 3.36. The summed E-state index contributed by atoms with van der Waals surface area (Å²) in [5.74, 6) is -1.61. The van der Waals surface area contributed by atoms with Crippen LogP contribution in [0.15, 0.2) is 10.5 Å². The highest BCUT2D eigenvalue weighted by molar-refractivity contribution is 7.09. The van der Waals surface area contributed by atoms with Gasteiger partial charge in [0, 0.05) is 29.2 Å². The van der Waals surface area contributed by atoms with Crippen molar-refractivity contribution in [1.29, 1.82) is 0 Å². The number of hydrogen-bond donors (Lipinski definition) is 0. The molecule has 4 atom stereocenters. The first-order chi connectivity index (χ1) is 18.4. The van der Waals surface area contributed by atoms with Crippen LogP contribution >= 0.6 is 11.3 Å². The highest BCUT2D eigenvalue weighted by atomic mass is 32.1. The van der Waals surface area contributed by atoms with Crippen LogP contribution in [0.5, 0.6) is 0 Å². The van der Waals surface area contributed by atoms with E-state index in [1.165, 1.54) is 23.3 Å². The minimum absolute atomic E-state index is 0.0908. The van der Waals surface area contributed by atoms with Crippen LogP contribution < -0.4 is 0 Å². The largest absolute Gasteiger partial charge is 0.464 e. The van der Waals surface area contributed by atoms with Crippen LogP contribution in [0.25, 0.3) is 10.4 Å². The summed E-state index contributed by atoms with van der Waals surface area (Å²) in [6, 6.07) is -1.43. The number of aromatic nitrogens is 1. The maximum Gasteiger partial charge on any atom is 0.357 e. The van der Waals surface area contributed by atoms with E-state index in [1.807, 2.05) is 60.5 Å². The third-order valence-electron chi connectivity index (χ3n) is 6.19. The molecule has 0 N–H and O–H groups in total. The Morgan fingerprint density at radius 3 is 2.33 bits per heavy atom. The number of carbonyl (C=O) groups is 3. The number of methoxy groups -OCH3 is 1. The summed E-state index contributed by atoms with van der Waals surface area (Å²) in [5.41, 5.74) is 9.37. The topological polar surface area (TPSA) is 147 Å². The van der Waals surface area contributed by atoms with Gasteiger partial charge in [-0.05, 0) is 37.4 Å². The molecule has 0 radical (unpaired) electrons. The SMILES string of the molecule is CC[C@H](C)[C@H](N=[N+]=[N-])C(=O)N(COC(=O)CC(C)C)[C@H](C[C@@H](OCN(C)C)c1nc(C(=O)OC)cs1)C(C)C. The monoisotopic (exact) mass is 568 g/mol. The third-order valence-corrected chi connectivity index (χ3v) is 7.12. The quantitative estimate of drug-likeness (QED) is 0.0836. The molecule has 0 aliphatic rings. The highest BCUT2D eigenvalue weighted by Crippen LogP contribution is 2.32. The Labute approximate surface area is 235 Å². The molecule has 0 spiro atoms. The van der Waals surface area contributed by atoms with Gasteiger partial charge in [0.2, 0.25) is 5.91 Å². The zero-order valence-electron chi connectivity index (χ0n) is 24.6. The first-order valence-electron chi connectivity index (χ1n) is 13.2. The molecule has 0 bridgehead atoms. The maximum atomic E-state index is 13.9. The summed E-state index contributed by atoms with van der Waals surface area (Å²) in [4.78, 5) is 49.0. The number of esters is 2. The second-order valence-electron chi connectivity index (χ2n) is 10.6. The van der Waals surface area contributed by atoms with Crippen molar-refractivity contribution in [1.82, 2.24) is 14.8 Å². The zero-order valence-corrected chi connectivity index (χ0v) is 25.4. The Kier molecular flexibility index (Phi) is 15.0. The Morgan fingerprint density at radius 2 is 1.82 bits per heavy atom. The van der Waals surface area contributed by atoms with E-state index in [1.54, 1.807) is 5.38 Å². The molecule has 13 heteroatoms. The molecular formula is C26H44N6O6S. The van der Waals surface area contributed by atoms with Crippen molar-refractivity contribution >= 4 is 29.2 Å². The van der Waals surface area contributed by atoms with Gasteiger partial charge in [-0.1, -0.05) is 53.1 Å². The molecule has 0 aromatic carbocycles. The molecule has 0 unspecified atom stereocenters. The van der Waals surface area contributed by atoms with E-state index < -0.39 is 36.0 Å². The number of hydrogen-bond acceptors (Lipinski definition) is 10. The van der Waals surface area contributed by atoms with E-state index in [0.29, 0.717) is 17.8 Å². The van der Waals surface area contributed by atoms with Crippen LogP contribution in [-0.4, -0.2) is 79.4 Å². The zero-order chi connectivity index (χ0) is 29.7. The molecule has 1 amide bonds. The molecule has 1 heterocycles. The first-order valence-corrected chi connectivity index (χ1v) is 14.0. The molecule has 0 aliphatic heterocycles. The molecular weight excluding hydrogens is 524 g/mol. The van der Waals surface area contributed by atoms with Crippen LogP contribution in [0.2, 0.25) is 0 Å². The molecule has 0 saturated heterocycles. The predicted octanol–water partition coefficient (Wildman–Crippen LogP) is 5.02. The molecule has 1 rings (SSSR count). The fourth-order valence-corrected chi connectivity index (χ4v) is 4.65. The fraction of sp³-hybridized carbons (Fsp3) is 0.769. The lowest BCUT2D eigenvalue weighted by atomic mass is 9.93. The Hall–Kier alpha value is -2.73. The van der Waals surface area contributed by atoms with Crippen molar-refractivity contribution in [2.24, 2.45) is 22.9 Å². The number of amides is 1. The normalized spacial score (nSPS) is 14.5. The smallest absolute Gasteiger partial charge is 0.357 e. The van der Waals surface area contributed by atoms with Gasteiger partial charge in [-0.15, -0.1) is 11.3 Å². The molecule has 12 nitrogen and oxygen atoms in total. The summed E-state index contributed by atoms with van der Waals surface area (Å²) in [6.07, 6.45) is 0.554. The van der Waals surface area contributed by atoms with Crippen LogP contribution in [0, 0.1) is 17.8 Å². The lowest BCUT2D eigenvalue weighted by Gasteiger charge is -2.38. The summed E-state index contributed by atoms with van der Waals surface area (Å²) < 4.78 is 16.5. The molecule has 1 aromatic rings. The second kappa shape index (κ2) is 17.1. The maximum absolute atomic E-state index is 13.9. The lowest BCUT2D eigenvalue weighted by molar-refractivity contribution is -0.159. The first kappa shape index (κ1) is 34.3. The van der Waals surface area contributed by atoms with Crippen molar-refractivity contribution in [2.75, 3.05) is 34.7 Å². The summed E-state index contributed by atoms with van der Waals surface area (Å²) in [6.45, 7) is 11.5. The van der Waals surface area contributed by atoms with Gasteiger partial charge >= 0.3 is 11.9 Å². The van der Waals surface area contributed by atoms with Crippen molar-refractivity contribution in [3.8, 4) is 0 Å². The van der Waals surface area contributed by atoms with Crippen LogP contribution in [0.4, 0.5) is 0 Å². The van der Waals surface area contributed by atoms with Crippen LogP contribution in [-0.2, 0) is 23.8 Å². The van der Waals surface area contributed by atoms with Gasteiger partial charge in [-0.3, -0.25) is 14.5 Å². The number of azide groups is 1. The number of thiazole rings is 1. The van der Waals surface area contributed by atoms with E-state index in [0.717, 1.165) is 0 Å². The number of ether oxygens (including phenoxy) is 3. The summed E-state index contributed by atoms with van der Waals surface area (Å²) >= 11 is 1.26. The van der Waals surface area contributed by atoms with Gasteiger partial charge in [0.1, 0.15) is 17.2 Å². The van der Waals surface area contributed by atoms with Crippen LogP contribution in [0.3, 0.4) is 0 Å². The Bertz CT molecular complexity index is 978. The van der Waals surface area contributed by atoms with Gasteiger partial charge in [-0.25, -0.2) is 9.78 Å². The lowest BCUT2D eigenvalue weighted by Crippen LogP contribution is -2.50. The summed E-state index contributed by atoms with van der Waals surface area (Å²) in [7, 11) is 5.01. The van der Waals surface area contributed by atoms with Crippen LogP contribution in [0.1, 0.15) is 82.4 Å². The van der Waals surface area contributed by atoms with Gasteiger partial charge in [0.05, 0.1) is 13.8 Å². The molecule has 0 fully saturated rings. The van der Waals surface area contributed by atoms with Crippen molar-refractivity contribution in [3.05, 3.63) is 26.5 Å². The molecule has 39 heavy (non-hydrogen) atoms. The number of nitrogens with zero attached hydrogens (tertiary/aromatic N) is 6. The van der Waals surface area contributed by atoms with Crippen molar-refractivity contribution < 1.29 is 28.6 Å². The van der Waals surface area contributed by atoms with E-state index in [2.05, 4.69) is 15.0 Å². The minimum atomic E-state index is -0.961.